The molecule has 0 atom stereocenters. The highest BCUT2D eigenvalue weighted by Gasteiger charge is 2.19. The van der Waals surface area contributed by atoms with Crippen molar-refractivity contribution in [2.45, 2.75) is 0 Å². The summed E-state index contributed by atoms with van der Waals surface area (Å²) in [5.41, 5.74) is 5.15. The van der Waals surface area contributed by atoms with E-state index >= 15 is 0 Å². The second-order valence-electron chi connectivity index (χ2n) is 3.81. The zero-order chi connectivity index (χ0) is 14.2. The van der Waals surface area contributed by atoms with Crippen molar-refractivity contribution in [3.8, 4) is 0 Å². The Hall–Kier alpha value is -2.01. The van der Waals surface area contributed by atoms with Gasteiger partial charge in [-0.3, -0.25) is 4.79 Å². The van der Waals surface area contributed by atoms with Gasteiger partial charge < -0.3 is 5.73 Å². The molecule has 2 rings (SSSR count). The Labute approximate surface area is 111 Å². The summed E-state index contributed by atoms with van der Waals surface area (Å²) in [6.45, 7) is 0. The predicted octanol–water partition coefficient (Wildman–Crippen LogP) is 3.57. The molecule has 0 aliphatic rings. The van der Waals surface area contributed by atoms with Crippen molar-refractivity contribution < 1.29 is 18.0 Å². The van der Waals surface area contributed by atoms with Crippen molar-refractivity contribution in [1.29, 1.82) is 0 Å². The zero-order valence-electron chi connectivity index (χ0n) is 9.38. The molecular weight excluding hydrogens is 279 g/mol. The quantitative estimate of drug-likeness (QED) is 0.521. The fourth-order valence-electron chi connectivity index (χ4n) is 1.56. The second kappa shape index (κ2) is 4.93. The van der Waals surface area contributed by atoms with E-state index in [1.165, 1.54) is 18.2 Å². The maximum absolute atomic E-state index is 13.5. The van der Waals surface area contributed by atoms with E-state index in [0.717, 1.165) is 0 Å². The number of anilines is 1. The number of carbonyl (C=O) groups excluding carboxylic acids is 1. The molecule has 0 amide bonds. The van der Waals surface area contributed by atoms with E-state index in [2.05, 4.69) is 0 Å². The molecule has 0 aromatic heterocycles. The zero-order valence-corrected chi connectivity index (χ0v) is 10.1. The first-order chi connectivity index (χ1) is 8.90. The van der Waals surface area contributed by atoms with Crippen LogP contribution in [-0.4, -0.2) is 5.78 Å². The van der Waals surface area contributed by atoms with Crippen LogP contribution in [0.5, 0.6) is 0 Å². The van der Waals surface area contributed by atoms with Crippen molar-refractivity contribution >= 4 is 23.1 Å². The number of carbonyl (C=O) groups is 1. The van der Waals surface area contributed by atoms with Crippen LogP contribution in [-0.2, 0) is 0 Å². The second-order valence-corrected chi connectivity index (χ2v) is 4.22. The largest absolute Gasteiger partial charge is 0.399 e. The number of hydrogen-bond acceptors (Lipinski definition) is 2. The lowest BCUT2D eigenvalue weighted by molar-refractivity contribution is 0.103. The molecule has 2 N–H and O–H groups in total. The molecule has 6 heteroatoms. The lowest BCUT2D eigenvalue weighted by Gasteiger charge is -2.06. The van der Waals surface area contributed by atoms with Crippen molar-refractivity contribution in [3.63, 3.8) is 0 Å². The van der Waals surface area contributed by atoms with E-state index < -0.39 is 28.8 Å². The van der Waals surface area contributed by atoms with Crippen molar-refractivity contribution in [2.24, 2.45) is 0 Å². The summed E-state index contributed by atoms with van der Waals surface area (Å²) in [5, 5.41) is 0.00846. The molecule has 0 saturated carbocycles. The van der Waals surface area contributed by atoms with E-state index in [4.69, 9.17) is 17.3 Å². The van der Waals surface area contributed by atoms with Gasteiger partial charge in [-0.1, -0.05) is 11.6 Å². The normalized spacial score (nSPS) is 10.5. The van der Waals surface area contributed by atoms with Gasteiger partial charge in [0, 0.05) is 17.3 Å². The van der Waals surface area contributed by atoms with E-state index in [-0.39, 0.29) is 10.6 Å². The summed E-state index contributed by atoms with van der Waals surface area (Å²) < 4.78 is 39.3. The van der Waals surface area contributed by atoms with Crippen LogP contribution in [0.25, 0.3) is 0 Å². The van der Waals surface area contributed by atoms with Gasteiger partial charge in [0.2, 0.25) is 0 Å². The third-order valence-corrected chi connectivity index (χ3v) is 2.81. The number of benzene rings is 2. The minimum absolute atomic E-state index is 0.00846. The van der Waals surface area contributed by atoms with Gasteiger partial charge >= 0.3 is 0 Å². The Morgan fingerprint density at radius 2 is 1.58 bits per heavy atom. The fourth-order valence-corrected chi connectivity index (χ4v) is 1.83. The molecule has 0 spiro atoms. The molecule has 0 aliphatic heterocycles. The van der Waals surface area contributed by atoms with Crippen LogP contribution >= 0.6 is 11.6 Å². The summed E-state index contributed by atoms with van der Waals surface area (Å²) >= 11 is 5.81. The van der Waals surface area contributed by atoms with Gasteiger partial charge in [-0.25, -0.2) is 13.2 Å². The molecule has 0 saturated heterocycles. The fraction of sp³-hybridized carbons (Fsp3) is 0. The minimum Gasteiger partial charge on any atom is -0.399 e. The van der Waals surface area contributed by atoms with Crippen LogP contribution in [0.1, 0.15) is 15.9 Å². The summed E-state index contributed by atoms with van der Waals surface area (Å²) in [5.74, 6) is -4.67. The van der Waals surface area contributed by atoms with Crippen LogP contribution in [0.4, 0.5) is 18.9 Å². The summed E-state index contributed by atoms with van der Waals surface area (Å²) in [4.78, 5) is 12.0. The third-order valence-electron chi connectivity index (χ3n) is 2.49. The monoisotopic (exact) mass is 285 g/mol. The average Bonchev–Trinajstić information content (AvgIpc) is 2.33. The molecule has 98 valence electrons. The molecule has 0 bridgehead atoms. The molecule has 0 heterocycles. The van der Waals surface area contributed by atoms with Gasteiger partial charge in [0.1, 0.15) is 5.82 Å². The van der Waals surface area contributed by atoms with Gasteiger partial charge in [0.25, 0.3) is 0 Å². The highest BCUT2D eigenvalue weighted by Crippen LogP contribution is 2.24. The summed E-state index contributed by atoms with van der Waals surface area (Å²) in [6.07, 6.45) is 0. The Bertz CT molecular complexity index is 673. The van der Waals surface area contributed by atoms with E-state index in [9.17, 15) is 18.0 Å². The van der Waals surface area contributed by atoms with Crippen LogP contribution in [0.2, 0.25) is 5.02 Å². The molecule has 2 aromatic rings. The number of nitrogen functional groups attached to an aromatic ring is 1. The molecule has 19 heavy (non-hydrogen) atoms. The summed E-state index contributed by atoms with van der Waals surface area (Å²) in [7, 11) is 0. The van der Waals surface area contributed by atoms with Crippen LogP contribution < -0.4 is 5.73 Å². The number of nitrogens with two attached hydrogens (primary N) is 1. The molecule has 2 nitrogen and oxygen atoms in total. The smallest absolute Gasteiger partial charge is 0.197 e. The van der Waals surface area contributed by atoms with Gasteiger partial charge in [-0.05, 0) is 24.3 Å². The molecule has 2 aromatic carbocycles. The van der Waals surface area contributed by atoms with Gasteiger partial charge in [-0.15, -0.1) is 0 Å². The first-order valence-corrected chi connectivity index (χ1v) is 5.52. The Morgan fingerprint density at radius 1 is 0.947 bits per heavy atom. The highest BCUT2D eigenvalue weighted by atomic mass is 35.5. The maximum atomic E-state index is 13.5. The topological polar surface area (TPSA) is 43.1 Å². The van der Waals surface area contributed by atoms with E-state index in [1.807, 2.05) is 0 Å². The molecule has 0 unspecified atom stereocenters. The molecule has 0 fully saturated rings. The third kappa shape index (κ3) is 2.56. The number of ketones is 1. The van der Waals surface area contributed by atoms with Crippen LogP contribution in [0, 0.1) is 17.5 Å². The van der Waals surface area contributed by atoms with Crippen molar-refractivity contribution in [1.82, 2.24) is 0 Å². The lowest BCUT2D eigenvalue weighted by Crippen LogP contribution is -2.07. The maximum Gasteiger partial charge on any atom is 0.197 e. The van der Waals surface area contributed by atoms with E-state index in [0.29, 0.717) is 17.8 Å². The van der Waals surface area contributed by atoms with Gasteiger partial charge in [0.15, 0.2) is 17.4 Å². The highest BCUT2D eigenvalue weighted by molar-refractivity contribution is 6.35. The first kappa shape index (κ1) is 13.4. The number of hydrogen-bond donors (Lipinski definition) is 1. The number of halogens is 4. The minimum atomic E-state index is -1.36. The molecule has 0 radical (unpaired) electrons. The van der Waals surface area contributed by atoms with Crippen LogP contribution in [0.3, 0.4) is 0 Å². The number of rotatable bonds is 2. The Kier molecular flexibility index (Phi) is 3.48. The SMILES string of the molecule is Nc1ccc(C(=O)c2cc(F)c(F)cc2F)c(Cl)c1. The molecule has 0 aliphatic carbocycles. The van der Waals surface area contributed by atoms with E-state index in [1.54, 1.807) is 0 Å². The van der Waals surface area contributed by atoms with Crippen LogP contribution in [0.15, 0.2) is 30.3 Å². The average molecular weight is 286 g/mol. The van der Waals surface area contributed by atoms with Gasteiger partial charge in [0.05, 0.1) is 10.6 Å². The predicted molar refractivity (Wildman–Crippen MR) is 65.6 cm³/mol. The van der Waals surface area contributed by atoms with Crippen molar-refractivity contribution in [2.75, 3.05) is 5.73 Å². The lowest BCUT2D eigenvalue weighted by atomic mass is 10.0. The van der Waals surface area contributed by atoms with Gasteiger partial charge in [-0.2, -0.15) is 0 Å². The first-order valence-electron chi connectivity index (χ1n) is 5.14. The standard InChI is InChI=1S/C13H7ClF3NO/c14-9-3-6(18)1-2-7(9)13(19)8-4-11(16)12(17)5-10(8)15/h1-5H,18H2. The Morgan fingerprint density at radius 3 is 2.21 bits per heavy atom. The van der Waals surface area contributed by atoms with Crippen molar-refractivity contribution in [3.05, 3.63) is 63.9 Å². The molecular formula is C13H7ClF3NO. The Balaban J connectivity index is 2.53. The summed E-state index contributed by atoms with van der Waals surface area (Å²) in [6, 6.07) is 4.82.